The molecule has 0 saturated heterocycles. The Labute approximate surface area is 259 Å². The highest BCUT2D eigenvalue weighted by atomic mass is 19.4. The van der Waals surface area contributed by atoms with E-state index in [0.717, 1.165) is 18.9 Å². The van der Waals surface area contributed by atoms with Crippen LogP contribution in [0.5, 0.6) is 0 Å². The number of carbonyl (C=O) groups excluding carboxylic acids is 1. The van der Waals surface area contributed by atoms with Gasteiger partial charge in [0.05, 0.1) is 30.3 Å². The molecule has 0 radical (unpaired) electrons. The van der Waals surface area contributed by atoms with Gasteiger partial charge in [0.1, 0.15) is 12.1 Å². The summed E-state index contributed by atoms with van der Waals surface area (Å²) in [5.41, 5.74) is 1.71. The van der Waals surface area contributed by atoms with Gasteiger partial charge in [-0.15, -0.1) is 23.4 Å². The van der Waals surface area contributed by atoms with Crippen molar-refractivity contribution in [2.24, 2.45) is 7.05 Å². The van der Waals surface area contributed by atoms with Crippen LogP contribution in [0.15, 0.2) is 48.8 Å². The fraction of sp³-hybridized carbons (Fsp3) is 0.323. The fourth-order valence-corrected chi connectivity index (χ4v) is 5.48. The molecule has 1 saturated carbocycles. The Balaban J connectivity index is 0.00000433. The summed E-state index contributed by atoms with van der Waals surface area (Å²) in [6.07, 6.45) is -6.36. The molecule has 1 fully saturated rings. The molecule has 2 aliphatic rings. The van der Waals surface area contributed by atoms with E-state index >= 15 is 0 Å². The third-order valence-corrected chi connectivity index (χ3v) is 7.80. The van der Waals surface area contributed by atoms with Crippen molar-refractivity contribution in [3.63, 3.8) is 0 Å². The highest BCUT2D eigenvalue weighted by molar-refractivity contribution is 6.10. The minimum absolute atomic E-state index is 0. The maximum atomic E-state index is 14.2. The molecule has 4 aromatic rings. The van der Waals surface area contributed by atoms with Crippen molar-refractivity contribution in [2.45, 2.75) is 44.4 Å². The molecule has 6 rings (SSSR count). The van der Waals surface area contributed by atoms with E-state index < -0.39 is 30.6 Å². The first-order valence-corrected chi connectivity index (χ1v) is 14.2. The van der Waals surface area contributed by atoms with Crippen molar-refractivity contribution in [1.82, 2.24) is 25.1 Å². The zero-order valence-electron chi connectivity index (χ0n) is 24.2. The number of amides is 1. The second kappa shape index (κ2) is 11.8. The van der Waals surface area contributed by atoms with Crippen LogP contribution in [0.1, 0.15) is 58.5 Å². The van der Waals surface area contributed by atoms with Crippen molar-refractivity contribution >= 4 is 11.7 Å². The number of nitrogens with zero attached hydrogens (tertiary/aromatic N) is 6. The number of aromatic nitrogens is 4. The fourth-order valence-electron chi connectivity index (χ4n) is 5.48. The van der Waals surface area contributed by atoms with Crippen LogP contribution >= 0.6 is 0 Å². The summed E-state index contributed by atoms with van der Waals surface area (Å²) < 4.78 is 84.8. The van der Waals surface area contributed by atoms with Gasteiger partial charge >= 0.3 is 12.5 Å². The van der Waals surface area contributed by atoms with E-state index in [1.807, 2.05) is 6.07 Å². The Morgan fingerprint density at radius 3 is 2.50 bits per heavy atom. The molecule has 240 valence electrons. The third-order valence-electron chi connectivity index (χ3n) is 7.80. The summed E-state index contributed by atoms with van der Waals surface area (Å²) in [5.74, 6) is 0.109. The van der Waals surface area contributed by atoms with Crippen molar-refractivity contribution in [3.05, 3.63) is 82.3 Å². The number of alkyl halides is 6. The lowest BCUT2D eigenvalue weighted by atomic mass is 9.96. The van der Waals surface area contributed by atoms with Crippen LogP contribution in [-0.4, -0.2) is 45.2 Å². The zero-order chi connectivity index (χ0) is 32.8. The minimum atomic E-state index is -4.82. The molecule has 2 aromatic heterocycles. The highest BCUT2D eigenvalue weighted by Gasteiger charge is 2.41. The SMILES string of the molecule is Cn1cnnc1-c1cc(C#N)ccc1-c1cc(C2CC2)nc(N2Cc3c(cc(CNCCOC(F)(F)F)cc3C(F)(F)F)C2=O)c1.[HH]. The molecule has 1 aliphatic heterocycles. The summed E-state index contributed by atoms with van der Waals surface area (Å²) in [4.78, 5) is 19.6. The number of hydrogen-bond acceptors (Lipinski definition) is 7. The first-order valence-electron chi connectivity index (χ1n) is 14.2. The standard InChI is InChI=1S/C31H25F6N7O2.H2/c1-43-16-40-42-28(43)22-8-17(13-38)2-5-21(22)20-11-26(19-3-4-19)41-27(12-20)44-15-24-23(29(44)45)9-18(10-25(24)30(32,33)34)14-39-6-7-46-31(35,36)37;/h2,5,8-12,16,19,39H,3-4,6-7,14-15H2,1H3;1H. The van der Waals surface area contributed by atoms with Gasteiger partial charge in [-0.05, 0) is 71.5 Å². The number of pyridine rings is 1. The second-order valence-corrected chi connectivity index (χ2v) is 11.1. The van der Waals surface area contributed by atoms with Crippen molar-refractivity contribution in [2.75, 3.05) is 18.1 Å². The van der Waals surface area contributed by atoms with E-state index in [2.05, 4.69) is 26.3 Å². The lowest BCUT2D eigenvalue weighted by molar-refractivity contribution is -0.323. The second-order valence-electron chi connectivity index (χ2n) is 11.1. The lowest BCUT2D eigenvalue weighted by Gasteiger charge is -2.19. The van der Waals surface area contributed by atoms with Crippen molar-refractivity contribution in [3.8, 4) is 28.6 Å². The Hall–Kier alpha value is -4.81. The van der Waals surface area contributed by atoms with E-state index in [4.69, 9.17) is 4.98 Å². The molecule has 3 heterocycles. The summed E-state index contributed by atoms with van der Waals surface area (Å²) in [5, 5.41) is 20.3. The van der Waals surface area contributed by atoms with Crippen molar-refractivity contribution in [1.29, 1.82) is 5.26 Å². The number of nitrogens with one attached hydrogen (secondary N) is 1. The molecule has 1 aliphatic carbocycles. The lowest BCUT2D eigenvalue weighted by Crippen LogP contribution is -2.25. The molecule has 0 spiro atoms. The Kier molecular flexibility index (Phi) is 8.03. The quantitative estimate of drug-likeness (QED) is 0.167. The predicted molar refractivity (Wildman–Crippen MR) is 154 cm³/mol. The maximum Gasteiger partial charge on any atom is 0.522 e. The molecule has 9 nitrogen and oxygen atoms in total. The third kappa shape index (κ3) is 6.44. The Morgan fingerprint density at radius 2 is 1.85 bits per heavy atom. The smallest absolute Gasteiger partial charge is 0.317 e. The number of ether oxygens (including phenoxy) is 1. The van der Waals surface area contributed by atoms with Crippen LogP contribution < -0.4 is 10.2 Å². The van der Waals surface area contributed by atoms with Gasteiger partial charge in [-0.3, -0.25) is 14.4 Å². The number of fused-ring (bicyclic) bond motifs is 1. The molecule has 46 heavy (non-hydrogen) atoms. The minimum Gasteiger partial charge on any atom is -0.317 e. The number of carbonyl (C=O) groups is 1. The summed E-state index contributed by atoms with van der Waals surface area (Å²) in [6, 6.07) is 12.9. The molecular weight excluding hydrogens is 616 g/mol. The summed E-state index contributed by atoms with van der Waals surface area (Å²) in [6.45, 7) is -1.59. The van der Waals surface area contributed by atoms with Crippen LogP contribution in [0.2, 0.25) is 0 Å². The molecule has 0 atom stereocenters. The van der Waals surface area contributed by atoms with Gasteiger partial charge in [-0.25, -0.2) is 4.98 Å². The van der Waals surface area contributed by atoms with E-state index in [0.29, 0.717) is 33.8 Å². The molecule has 1 N–H and O–H groups in total. The van der Waals surface area contributed by atoms with Gasteiger partial charge in [0.2, 0.25) is 0 Å². The van der Waals surface area contributed by atoms with Gasteiger partial charge in [0.25, 0.3) is 5.91 Å². The van der Waals surface area contributed by atoms with Crippen LogP contribution in [0.25, 0.3) is 22.5 Å². The molecule has 0 bridgehead atoms. The molecular formula is C31H27F6N7O2. The van der Waals surface area contributed by atoms with Crippen molar-refractivity contribution < 1.29 is 37.3 Å². The number of anilines is 1. The molecule has 0 unspecified atom stereocenters. The van der Waals surface area contributed by atoms with E-state index in [9.17, 15) is 36.4 Å². The highest BCUT2D eigenvalue weighted by Crippen LogP contribution is 2.44. The average Bonchev–Trinajstić information content (AvgIpc) is 3.69. The Morgan fingerprint density at radius 1 is 1.07 bits per heavy atom. The van der Waals surface area contributed by atoms with Crippen LogP contribution in [0.4, 0.5) is 32.2 Å². The predicted octanol–water partition coefficient (Wildman–Crippen LogP) is 6.34. The monoisotopic (exact) mass is 643 g/mol. The van der Waals surface area contributed by atoms with E-state index in [1.165, 1.54) is 17.3 Å². The van der Waals surface area contributed by atoms with Gasteiger partial charge in [-0.2, -0.15) is 18.4 Å². The topological polar surface area (TPSA) is 109 Å². The number of hydrogen-bond donors (Lipinski definition) is 1. The first-order chi connectivity index (χ1) is 21.8. The first kappa shape index (κ1) is 31.2. The van der Waals surface area contributed by atoms with Crippen LogP contribution in [0, 0.1) is 11.3 Å². The van der Waals surface area contributed by atoms with Crippen LogP contribution in [-0.2, 0) is 31.1 Å². The largest absolute Gasteiger partial charge is 0.522 e. The number of rotatable bonds is 9. The maximum absolute atomic E-state index is 14.2. The number of benzene rings is 2. The van der Waals surface area contributed by atoms with Gasteiger partial charge < -0.3 is 9.88 Å². The summed E-state index contributed by atoms with van der Waals surface area (Å²) >= 11 is 0. The molecule has 2 aromatic carbocycles. The van der Waals surface area contributed by atoms with Gasteiger partial charge in [0, 0.05) is 44.3 Å². The number of nitriles is 1. The van der Waals surface area contributed by atoms with E-state index in [-0.39, 0.29) is 49.5 Å². The van der Waals surface area contributed by atoms with E-state index in [1.54, 1.807) is 35.9 Å². The van der Waals surface area contributed by atoms with Crippen LogP contribution in [0.3, 0.4) is 0 Å². The summed E-state index contributed by atoms with van der Waals surface area (Å²) in [7, 11) is 1.75. The van der Waals surface area contributed by atoms with Gasteiger partial charge in [-0.1, -0.05) is 6.07 Å². The normalized spacial score (nSPS) is 14.9. The average molecular weight is 644 g/mol. The molecule has 15 heteroatoms. The number of aryl methyl sites for hydroxylation is 1. The number of halogens is 6. The zero-order valence-corrected chi connectivity index (χ0v) is 24.2. The molecule has 1 amide bonds. The Bertz CT molecular complexity index is 1860. The van der Waals surface area contributed by atoms with Gasteiger partial charge in [0.15, 0.2) is 5.82 Å².